The van der Waals surface area contributed by atoms with Gasteiger partial charge in [-0.2, -0.15) is 0 Å². The fourth-order valence-electron chi connectivity index (χ4n) is 1.71. The molecule has 2 rings (SSSR count). The topological polar surface area (TPSA) is 26.0 Å². The summed E-state index contributed by atoms with van der Waals surface area (Å²) in [6.45, 7) is 4.46. The van der Waals surface area contributed by atoms with Gasteiger partial charge in [-0.25, -0.2) is 0 Å². The lowest BCUT2D eigenvalue weighted by Crippen LogP contribution is -2.06. The maximum atomic E-state index is 5.98. The van der Waals surface area contributed by atoms with Crippen molar-refractivity contribution < 1.29 is 0 Å². The molecule has 3 heteroatoms. The van der Waals surface area contributed by atoms with Crippen molar-refractivity contribution >= 4 is 27.3 Å². The number of rotatable bonds is 1. The van der Waals surface area contributed by atoms with Crippen molar-refractivity contribution in [2.45, 2.75) is 25.8 Å². The van der Waals surface area contributed by atoms with Gasteiger partial charge in [-0.15, -0.1) is 11.3 Å². The molecule has 1 fully saturated rings. The number of hydrogen-bond donors (Lipinski definition) is 1. The normalized spacial score (nSPS) is 32.0. The molecule has 0 aromatic carbocycles. The fourth-order valence-corrected chi connectivity index (χ4v) is 3.50. The van der Waals surface area contributed by atoms with Crippen LogP contribution in [-0.4, -0.2) is 6.04 Å². The Morgan fingerprint density at radius 2 is 2.17 bits per heavy atom. The summed E-state index contributed by atoms with van der Waals surface area (Å²) in [4.78, 5) is 1.42. The van der Waals surface area contributed by atoms with E-state index in [0.717, 1.165) is 0 Å². The summed E-state index contributed by atoms with van der Waals surface area (Å²) in [5.74, 6) is 0.578. The van der Waals surface area contributed by atoms with Crippen molar-refractivity contribution in [3.05, 3.63) is 20.8 Å². The van der Waals surface area contributed by atoms with Gasteiger partial charge < -0.3 is 5.73 Å². The molecule has 1 aromatic heterocycles. The molecule has 0 bridgehead atoms. The van der Waals surface area contributed by atoms with Crippen molar-refractivity contribution in [3.63, 3.8) is 0 Å². The van der Waals surface area contributed by atoms with E-state index < -0.39 is 0 Å². The first-order valence-corrected chi connectivity index (χ1v) is 5.70. The molecule has 66 valence electrons. The van der Waals surface area contributed by atoms with Crippen LogP contribution in [0.25, 0.3) is 0 Å². The third-order valence-electron chi connectivity index (χ3n) is 2.80. The summed E-state index contributed by atoms with van der Waals surface area (Å²) in [6, 6.07) is 2.53. The predicted molar refractivity (Wildman–Crippen MR) is 56.5 cm³/mol. The Labute approximate surface area is 85.1 Å². The molecule has 2 N–H and O–H groups in total. The molecular weight excluding hydrogens is 234 g/mol. The van der Waals surface area contributed by atoms with Gasteiger partial charge in [0, 0.05) is 26.7 Å². The van der Waals surface area contributed by atoms with E-state index in [9.17, 15) is 0 Å². The van der Waals surface area contributed by atoms with Crippen LogP contribution < -0.4 is 5.73 Å². The molecule has 1 nitrogen and oxygen atoms in total. The molecule has 0 saturated heterocycles. The Hall–Kier alpha value is 0.140. The summed E-state index contributed by atoms with van der Waals surface area (Å²) >= 11 is 5.25. The molecule has 0 radical (unpaired) electrons. The molecule has 1 heterocycles. The average Bonchev–Trinajstić information content (AvgIpc) is 2.38. The smallest absolute Gasteiger partial charge is 0.0285 e. The van der Waals surface area contributed by atoms with Crippen molar-refractivity contribution in [1.82, 2.24) is 0 Å². The lowest BCUT2D eigenvalue weighted by Gasteiger charge is -1.97. The van der Waals surface area contributed by atoms with Crippen molar-refractivity contribution in [2.24, 2.45) is 11.1 Å². The van der Waals surface area contributed by atoms with Gasteiger partial charge in [0.2, 0.25) is 0 Å². The Morgan fingerprint density at radius 1 is 1.58 bits per heavy atom. The van der Waals surface area contributed by atoms with Gasteiger partial charge in [0.1, 0.15) is 0 Å². The summed E-state index contributed by atoms with van der Waals surface area (Å²) in [6.07, 6.45) is 0. The van der Waals surface area contributed by atoms with Crippen LogP contribution >= 0.6 is 27.3 Å². The van der Waals surface area contributed by atoms with E-state index in [4.69, 9.17) is 5.73 Å². The van der Waals surface area contributed by atoms with Gasteiger partial charge in [-0.05, 0) is 27.4 Å². The zero-order chi connectivity index (χ0) is 8.93. The summed E-state index contributed by atoms with van der Waals surface area (Å²) < 4.78 is 1.18. The van der Waals surface area contributed by atoms with Crippen LogP contribution in [0.1, 0.15) is 24.6 Å². The standard InChI is InChI=1S/C9H12BrNS/c1-9(2)7(8(9)11)6-3-5(10)4-12-6/h3-4,7-8H,11H2,1-2H3/t7-,8-/m0/s1. The van der Waals surface area contributed by atoms with Crippen LogP contribution in [0.4, 0.5) is 0 Å². The lowest BCUT2D eigenvalue weighted by atomic mass is 10.1. The van der Waals surface area contributed by atoms with Gasteiger partial charge in [0.05, 0.1) is 0 Å². The van der Waals surface area contributed by atoms with Gasteiger partial charge in [0.25, 0.3) is 0 Å². The number of nitrogens with two attached hydrogens (primary N) is 1. The minimum Gasteiger partial charge on any atom is -0.327 e. The first kappa shape index (κ1) is 8.73. The van der Waals surface area contributed by atoms with E-state index in [2.05, 4.69) is 41.2 Å². The highest BCUT2D eigenvalue weighted by Crippen LogP contribution is 2.58. The van der Waals surface area contributed by atoms with Crippen LogP contribution in [0, 0.1) is 5.41 Å². The third kappa shape index (κ3) is 1.15. The van der Waals surface area contributed by atoms with Crippen LogP contribution in [0.2, 0.25) is 0 Å². The Balaban J connectivity index is 2.24. The van der Waals surface area contributed by atoms with E-state index in [1.165, 1.54) is 9.35 Å². The lowest BCUT2D eigenvalue weighted by molar-refractivity contribution is 0.601. The maximum absolute atomic E-state index is 5.98. The van der Waals surface area contributed by atoms with Crippen LogP contribution in [0.5, 0.6) is 0 Å². The minimum absolute atomic E-state index is 0.310. The van der Waals surface area contributed by atoms with Crippen LogP contribution in [0.15, 0.2) is 15.9 Å². The predicted octanol–water partition coefficient (Wildman–Crippen LogP) is 2.96. The van der Waals surface area contributed by atoms with E-state index in [0.29, 0.717) is 17.4 Å². The Kier molecular flexibility index (Phi) is 1.86. The van der Waals surface area contributed by atoms with Crippen molar-refractivity contribution in [1.29, 1.82) is 0 Å². The molecule has 0 aliphatic heterocycles. The van der Waals surface area contributed by atoms with E-state index in [-0.39, 0.29) is 0 Å². The molecule has 1 aromatic rings. The zero-order valence-corrected chi connectivity index (χ0v) is 9.58. The molecular formula is C9H12BrNS. The van der Waals surface area contributed by atoms with Gasteiger partial charge in [-0.1, -0.05) is 13.8 Å². The molecule has 1 saturated carbocycles. The maximum Gasteiger partial charge on any atom is 0.0285 e. The highest BCUT2D eigenvalue weighted by Gasteiger charge is 2.56. The molecule has 0 spiro atoms. The molecule has 0 unspecified atom stereocenters. The van der Waals surface area contributed by atoms with Crippen LogP contribution in [0.3, 0.4) is 0 Å². The van der Waals surface area contributed by atoms with Gasteiger partial charge in [0.15, 0.2) is 0 Å². The summed E-state index contributed by atoms with van der Waals surface area (Å²) in [5, 5.41) is 2.12. The Bertz CT molecular complexity index is 305. The van der Waals surface area contributed by atoms with E-state index >= 15 is 0 Å². The second-order valence-corrected chi connectivity index (χ2v) is 5.85. The second kappa shape index (κ2) is 2.56. The molecule has 0 amide bonds. The monoisotopic (exact) mass is 245 g/mol. The van der Waals surface area contributed by atoms with Gasteiger partial charge >= 0.3 is 0 Å². The van der Waals surface area contributed by atoms with Crippen molar-refractivity contribution in [3.8, 4) is 0 Å². The second-order valence-electron chi connectivity index (χ2n) is 3.99. The van der Waals surface area contributed by atoms with E-state index in [1.54, 1.807) is 11.3 Å². The van der Waals surface area contributed by atoms with Crippen LogP contribution in [-0.2, 0) is 0 Å². The number of thiophene rings is 1. The molecule has 12 heavy (non-hydrogen) atoms. The largest absolute Gasteiger partial charge is 0.327 e. The first-order chi connectivity index (χ1) is 5.53. The molecule has 1 aliphatic carbocycles. The fraction of sp³-hybridized carbons (Fsp3) is 0.556. The summed E-state index contributed by atoms with van der Waals surface area (Å²) in [7, 11) is 0. The highest BCUT2D eigenvalue weighted by molar-refractivity contribution is 9.10. The molecule has 2 atom stereocenters. The highest BCUT2D eigenvalue weighted by atomic mass is 79.9. The number of halogens is 1. The minimum atomic E-state index is 0.310. The van der Waals surface area contributed by atoms with Gasteiger partial charge in [-0.3, -0.25) is 0 Å². The van der Waals surface area contributed by atoms with Crippen molar-refractivity contribution in [2.75, 3.05) is 0 Å². The average molecular weight is 246 g/mol. The number of hydrogen-bond acceptors (Lipinski definition) is 2. The third-order valence-corrected chi connectivity index (χ3v) is 4.58. The SMILES string of the molecule is CC1(C)[C@@H](N)[C@@H]1c1cc(Br)cs1. The summed E-state index contributed by atoms with van der Waals surface area (Å²) in [5.41, 5.74) is 6.29. The quantitative estimate of drug-likeness (QED) is 0.810. The Morgan fingerprint density at radius 3 is 2.50 bits per heavy atom. The molecule has 1 aliphatic rings. The zero-order valence-electron chi connectivity index (χ0n) is 7.17. The first-order valence-electron chi connectivity index (χ1n) is 4.03. The van der Waals surface area contributed by atoms with E-state index in [1.807, 2.05) is 0 Å².